The van der Waals surface area contributed by atoms with E-state index in [0.717, 1.165) is 0 Å². The quantitative estimate of drug-likeness (QED) is 0.836. The van der Waals surface area contributed by atoms with Gasteiger partial charge in [-0.1, -0.05) is 11.8 Å². The van der Waals surface area contributed by atoms with Crippen LogP contribution >= 0.6 is 11.3 Å². The number of carbonyl (C=O) groups is 1. The molecular formula is C13H14N2O2S. The predicted octanol–water partition coefficient (Wildman–Crippen LogP) is 1.47. The molecule has 1 amide bonds. The monoisotopic (exact) mass is 262 g/mol. The fourth-order valence-electron chi connectivity index (χ4n) is 1.28. The molecule has 4 nitrogen and oxygen atoms in total. The van der Waals surface area contributed by atoms with E-state index in [-0.39, 0.29) is 12.5 Å². The molecule has 0 spiro atoms. The second kappa shape index (κ2) is 7.50. The number of aliphatic hydroxyl groups excluding tert-OH is 1. The number of thiophene rings is 1. The lowest BCUT2D eigenvalue weighted by molar-refractivity contribution is 0.0802. The van der Waals surface area contributed by atoms with Gasteiger partial charge in [-0.25, -0.2) is 0 Å². The highest BCUT2D eigenvalue weighted by Gasteiger charge is 2.16. The summed E-state index contributed by atoms with van der Waals surface area (Å²) in [6, 6.07) is 3.80. The molecule has 0 aliphatic carbocycles. The number of rotatable bonds is 4. The lowest BCUT2D eigenvalue weighted by atomic mass is 10.2. The fraction of sp³-hybridized carbons (Fsp3) is 0.385. The Morgan fingerprint density at radius 1 is 1.56 bits per heavy atom. The van der Waals surface area contributed by atoms with Crippen molar-refractivity contribution in [3.8, 4) is 17.9 Å². The van der Waals surface area contributed by atoms with Crippen molar-refractivity contribution in [2.75, 3.05) is 20.2 Å². The number of nitriles is 1. The van der Waals surface area contributed by atoms with Crippen LogP contribution in [-0.4, -0.2) is 36.1 Å². The van der Waals surface area contributed by atoms with Gasteiger partial charge in [-0.05, 0) is 11.4 Å². The molecule has 0 aliphatic rings. The number of aliphatic hydroxyl groups is 1. The molecule has 0 unspecified atom stereocenters. The normalized spacial score (nSPS) is 9.17. The van der Waals surface area contributed by atoms with Crippen molar-refractivity contribution in [2.24, 2.45) is 0 Å². The van der Waals surface area contributed by atoms with Crippen LogP contribution in [0.15, 0.2) is 11.4 Å². The van der Waals surface area contributed by atoms with Crippen LogP contribution in [0.3, 0.4) is 0 Å². The smallest absolute Gasteiger partial charge is 0.264 e. The SMILES string of the molecule is CN(CCC#N)C(=O)c1sccc1C#CCCO. The Morgan fingerprint density at radius 3 is 3.00 bits per heavy atom. The average molecular weight is 262 g/mol. The summed E-state index contributed by atoms with van der Waals surface area (Å²) in [4.78, 5) is 14.2. The minimum atomic E-state index is -0.117. The van der Waals surface area contributed by atoms with Gasteiger partial charge in [0.25, 0.3) is 5.91 Å². The van der Waals surface area contributed by atoms with Crippen molar-refractivity contribution in [2.45, 2.75) is 12.8 Å². The zero-order valence-corrected chi connectivity index (χ0v) is 11.0. The molecule has 0 aliphatic heterocycles. The molecule has 1 aromatic rings. The van der Waals surface area contributed by atoms with Crippen LogP contribution in [0.2, 0.25) is 0 Å². The summed E-state index contributed by atoms with van der Waals surface area (Å²) >= 11 is 1.34. The Hall–Kier alpha value is -1.82. The molecule has 0 fully saturated rings. The third kappa shape index (κ3) is 3.89. The van der Waals surface area contributed by atoms with E-state index in [0.29, 0.717) is 29.8 Å². The maximum Gasteiger partial charge on any atom is 0.264 e. The van der Waals surface area contributed by atoms with Crippen LogP contribution in [0.25, 0.3) is 0 Å². The molecule has 1 rings (SSSR count). The molecule has 0 saturated heterocycles. The van der Waals surface area contributed by atoms with Gasteiger partial charge >= 0.3 is 0 Å². The van der Waals surface area contributed by atoms with Gasteiger partial charge in [0, 0.05) is 25.6 Å². The molecule has 0 bridgehead atoms. The van der Waals surface area contributed by atoms with Gasteiger partial charge in [-0.15, -0.1) is 11.3 Å². The summed E-state index contributed by atoms with van der Waals surface area (Å²) in [6.45, 7) is 0.430. The number of nitrogens with zero attached hydrogens (tertiary/aromatic N) is 2. The van der Waals surface area contributed by atoms with Crippen molar-refractivity contribution in [1.29, 1.82) is 5.26 Å². The van der Waals surface area contributed by atoms with E-state index in [1.165, 1.54) is 16.2 Å². The molecule has 0 saturated carbocycles. The minimum Gasteiger partial charge on any atom is -0.395 e. The van der Waals surface area contributed by atoms with Gasteiger partial charge in [-0.2, -0.15) is 5.26 Å². The summed E-state index contributed by atoms with van der Waals surface area (Å²) in [5.74, 6) is 5.56. The van der Waals surface area contributed by atoms with E-state index in [4.69, 9.17) is 10.4 Å². The Balaban J connectivity index is 2.78. The highest BCUT2D eigenvalue weighted by molar-refractivity contribution is 7.12. The summed E-state index contributed by atoms with van der Waals surface area (Å²) < 4.78 is 0. The molecule has 18 heavy (non-hydrogen) atoms. The molecule has 0 aromatic carbocycles. The molecule has 1 aromatic heterocycles. The van der Waals surface area contributed by atoms with Crippen molar-refractivity contribution >= 4 is 17.2 Å². The van der Waals surface area contributed by atoms with Gasteiger partial charge in [0.1, 0.15) is 4.88 Å². The van der Waals surface area contributed by atoms with Gasteiger partial charge in [-0.3, -0.25) is 4.79 Å². The highest BCUT2D eigenvalue weighted by atomic mass is 32.1. The largest absolute Gasteiger partial charge is 0.395 e. The summed E-state index contributed by atoms with van der Waals surface area (Å²) in [6.07, 6.45) is 0.715. The van der Waals surface area contributed by atoms with Crippen LogP contribution in [0.5, 0.6) is 0 Å². The van der Waals surface area contributed by atoms with Crippen molar-refractivity contribution in [3.63, 3.8) is 0 Å². The van der Waals surface area contributed by atoms with E-state index in [1.54, 1.807) is 13.1 Å². The lowest BCUT2D eigenvalue weighted by Gasteiger charge is -2.14. The van der Waals surface area contributed by atoms with Crippen LogP contribution in [0.1, 0.15) is 28.1 Å². The van der Waals surface area contributed by atoms with E-state index in [1.807, 2.05) is 11.4 Å². The molecule has 94 valence electrons. The third-order valence-corrected chi connectivity index (χ3v) is 3.13. The third-order valence-electron chi connectivity index (χ3n) is 2.23. The molecule has 0 radical (unpaired) electrons. The standard InChI is InChI=1S/C13H14N2O2S/c1-15(8-4-7-14)13(17)12-11(6-10-18-12)5-2-3-9-16/h6,10,16H,3-4,8-9H2,1H3. The second-order valence-electron chi connectivity index (χ2n) is 3.57. The van der Waals surface area contributed by atoms with Crippen molar-refractivity contribution in [3.05, 3.63) is 21.9 Å². The molecule has 5 heteroatoms. The Labute approximate surface area is 110 Å². The lowest BCUT2D eigenvalue weighted by Crippen LogP contribution is -2.27. The van der Waals surface area contributed by atoms with E-state index in [9.17, 15) is 4.79 Å². The number of amides is 1. The van der Waals surface area contributed by atoms with Crippen LogP contribution in [0, 0.1) is 23.2 Å². The van der Waals surface area contributed by atoms with Gasteiger partial charge in [0.15, 0.2) is 0 Å². The fourth-order valence-corrected chi connectivity index (χ4v) is 2.12. The zero-order valence-electron chi connectivity index (χ0n) is 10.1. The first-order chi connectivity index (χ1) is 8.70. The van der Waals surface area contributed by atoms with Crippen LogP contribution in [-0.2, 0) is 0 Å². The molecular weight excluding hydrogens is 248 g/mol. The Kier molecular flexibility index (Phi) is 5.93. The van der Waals surface area contributed by atoms with Gasteiger partial charge in [0.05, 0.1) is 19.1 Å². The van der Waals surface area contributed by atoms with E-state index >= 15 is 0 Å². The van der Waals surface area contributed by atoms with Crippen LogP contribution in [0.4, 0.5) is 0 Å². The number of hydrogen-bond donors (Lipinski definition) is 1. The maximum atomic E-state index is 12.1. The summed E-state index contributed by atoms with van der Waals surface area (Å²) in [5.41, 5.74) is 0.683. The second-order valence-corrected chi connectivity index (χ2v) is 4.49. The van der Waals surface area contributed by atoms with Crippen LogP contribution < -0.4 is 0 Å². The first-order valence-corrected chi connectivity index (χ1v) is 6.38. The molecule has 0 atom stereocenters. The summed E-state index contributed by atoms with van der Waals surface area (Å²) in [7, 11) is 1.67. The Morgan fingerprint density at radius 2 is 2.33 bits per heavy atom. The Bertz CT molecular complexity index is 505. The average Bonchev–Trinajstić information content (AvgIpc) is 2.83. The van der Waals surface area contributed by atoms with Gasteiger partial charge in [0.2, 0.25) is 0 Å². The highest BCUT2D eigenvalue weighted by Crippen LogP contribution is 2.17. The molecule has 1 heterocycles. The zero-order chi connectivity index (χ0) is 13.4. The maximum absolute atomic E-state index is 12.1. The number of carbonyl (C=O) groups excluding carboxylic acids is 1. The molecule has 1 N–H and O–H groups in total. The minimum absolute atomic E-state index is 0.0164. The van der Waals surface area contributed by atoms with E-state index < -0.39 is 0 Å². The van der Waals surface area contributed by atoms with Crippen molar-refractivity contribution < 1.29 is 9.90 Å². The predicted molar refractivity (Wildman–Crippen MR) is 70.1 cm³/mol. The van der Waals surface area contributed by atoms with E-state index in [2.05, 4.69) is 11.8 Å². The number of hydrogen-bond acceptors (Lipinski definition) is 4. The van der Waals surface area contributed by atoms with Crippen molar-refractivity contribution in [1.82, 2.24) is 4.90 Å². The first kappa shape index (κ1) is 14.2. The topological polar surface area (TPSA) is 64.3 Å². The first-order valence-electron chi connectivity index (χ1n) is 5.50. The summed E-state index contributed by atoms with van der Waals surface area (Å²) in [5, 5.41) is 19.0. The van der Waals surface area contributed by atoms with Gasteiger partial charge < -0.3 is 10.0 Å².